The van der Waals surface area contributed by atoms with Crippen LogP contribution < -0.4 is 5.32 Å². The Labute approximate surface area is 49.0 Å². The lowest BCUT2D eigenvalue weighted by atomic mass is 9.94. The van der Waals surface area contributed by atoms with Crippen LogP contribution in [-0.2, 0) is 0 Å². The molecule has 1 rings (SSSR count). The topological polar surface area (TPSA) is 12.0 Å². The Hall–Kier alpha value is 0.250. The molecule has 1 nitrogen and oxygen atoms in total. The number of alkyl halides is 1. The van der Waals surface area contributed by atoms with Gasteiger partial charge in [0.1, 0.15) is 0 Å². The highest BCUT2D eigenvalue weighted by atomic mass is 35.5. The molecule has 1 fully saturated rings. The van der Waals surface area contributed by atoms with Crippen molar-refractivity contribution in [2.75, 3.05) is 6.00 Å². The Morgan fingerprint density at radius 2 is 2.29 bits per heavy atom. The van der Waals surface area contributed by atoms with Gasteiger partial charge in [-0.15, -0.1) is 11.6 Å². The second kappa shape index (κ2) is 2.53. The zero-order valence-corrected chi connectivity index (χ0v) is 5.04. The van der Waals surface area contributed by atoms with E-state index in [-0.39, 0.29) is 0 Å². The summed E-state index contributed by atoms with van der Waals surface area (Å²) in [4.78, 5) is 0. The molecule has 1 aliphatic carbocycles. The molecule has 0 saturated heterocycles. The average molecular weight is 120 g/mol. The average Bonchev–Trinajstić information content (AvgIpc) is 1.55. The highest BCUT2D eigenvalue weighted by Gasteiger charge is 2.14. The molecule has 0 radical (unpaired) electrons. The summed E-state index contributed by atoms with van der Waals surface area (Å²) in [5.74, 6) is 0. The highest BCUT2D eigenvalue weighted by Crippen LogP contribution is 2.17. The number of nitrogens with one attached hydrogen (secondary N) is 1. The Balaban J connectivity index is 1.93. The molecule has 1 aliphatic rings. The summed E-state index contributed by atoms with van der Waals surface area (Å²) in [6.45, 7) is 0. The quantitative estimate of drug-likeness (QED) is 0.427. The van der Waals surface area contributed by atoms with Gasteiger partial charge in [0.2, 0.25) is 0 Å². The monoisotopic (exact) mass is 119 g/mol. The molecule has 0 atom stereocenters. The van der Waals surface area contributed by atoms with E-state index in [4.69, 9.17) is 11.6 Å². The Kier molecular flexibility index (Phi) is 1.95. The zero-order valence-electron chi connectivity index (χ0n) is 4.28. The Bertz CT molecular complexity index is 52.0. The predicted molar refractivity (Wildman–Crippen MR) is 31.5 cm³/mol. The third-order valence-corrected chi connectivity index (χ3v) is 1.63. The van der Waals surface area contributed by atoms with Crippen LogP contribution in [0.25, 0.3) is 0 Å². The molecule has 1 N–H and O–H groups in total. The van der Waals surface area contributed by atoms with Crippen molar-refractivity contribution in [3.8, 4) is 0 Å². The highest BCUT2D eigenvalue weighted by molar-refractivity contribution is 6.17. The first-order valence-electron chi connectivity index (χ1n) is 2.73. The fourth-order valence-electron chi connectivity index (χ4n) is 0.721. The molecule has 0 heterocycles. The molecule has 1 saturated carbocycles. The molecule has 7 heavy (non-hydrogen) atoms. The standard InChI is InChI=1S/C5H10ClN/c6-4-7-5-2-1-3-5/h5,7H,1-4H2. The van der Waals surface area contributed by atoms with Crippen molar-refractivity contribution >= 4 is 11.6 Å². The van der Waals surface area contributed by atoms with Gasteiger partial charge in [0, 0.05) is 6.04 Å². The molecule has 0 aromatic carbocycles. The number of hydrogen-bond donors (Lipinski definition) is 1. The first-order valence-corrected chi connectivity index (χ1v) is 3.26. The third kappa shape index (κ3) is 1.32. The van der Waals surface area contributed by atoms with Crippen LogP contribution in [0.3, 0.4) is 0 Å². The van der Waals surface area contributed by atoms with Gasteiger partial charge in [0.05, 0.1) is 6.00 Å². The van der Waals surface area contributed by atoms with E-state index in [1.54, 1.807) is 0 Å². The summed E-state index contributed by atoms with van der Waals surface area (Å²) < 4.78 is 0. The van der Waals surface area contributed by atoms with E-state index in [1.807, 2.05) is 0 Å². The number of rotatable bonds is 2. The van der Waals surface area contributed by atoms with Gasteiger partial charge in [0.15, 0.2) is 0 Å². The molecule has 0 unspecified atom stereocenters. The maximum absolute atomic E-state index is 5.40. The normalized spacial score (nSPS) is 21.9. The van der Waals surface area contributed by atoms with Crippen molar-refractivity contribution in [3.63, 3.8) is 0 Å². The molecule has 0 aromatic rings. The van der Waals surface area contributed by atoms with E-state index in [0.29, 0.717) is 6.00 Å². The lowest BCUT2D eigenvalue weighted by Gasteiger charge is -2.24. The van der Waals surface area contributed by atoms with Crippen LogP contribution >= 0.6 is 11.6 Å². The van der Waals surface area contributed by atoms with Gasteiger partial charge < -0.3 is 5.32 Å². The number of hydrogen-bond acceptors (Lipinski definition) is 1. The van der Waals surface area contributed by atoms with E-state index in [9.17, 15) is 0 Å². The van der Waals surface area contributed by atoms with Gasteiger partial charge in [-0.3, -0.25) is 0 Å². The van der Waals surface area contributed by atoms with Gasteiger partial charge in [-0.25, -0.2) is 0 Å². The third-order valence-electron chi connectivity index (χ3n) is 1.47. The van der Waals surface area contributed by atoms with E-state index >= 15 is 0 Å². The summed E-state index contributed by atoms with van der Waals surface area (Å²) in [6, 6.07) is 1.36. The lowest BCUT2D eigenvalue weighted by molar-refractivity contribution is 0.356. The molecular formula is C5H10ClN. The molecule has 0 spiro atoms. The molecule has 0 aliphatic heterocycles. The molecule has 0 amide bonds. The van der Waals surface area contributed by atoms with Crippen LogP contribution in [0.4, 0.5) is 0 Å². The Morgan fingerprint density at radius 1 is 1.57 bits per heavy atom. The van der Waals surface area contributed by atoms with Crippen molar-refractivity contribution in [2.45, 2.75) is 25.3 Å². The van der Waals surface area contributed by atoms with Gasteiger partial charge in [-0.05, 0) is 12.8 Å². The van der Waals surface area contributed by atoms with Crippen molar-refractivity contribution in [1.29, 1.82) is 0 Å². The van der Waals surface area contributed by atoms with E-state index in [2.05, 4.69) is 5.32 Å². The fraction of sp³-hybridized carbons (Fsp3) is 1.00. The SMILES string of the molecule is ClCNC1CCC1. The van der Waals surface area contributed by atoms with Crippen LogP contribution in [0.2, 0.25) is 0 Å². The lowest BCUT2D eigenvalue weighted by Crippen LogP contribution is -2.33. The van der Waals surface area contributed by atoms with Crippen molar-refractivity contribution in [3.05, 3.63) is 0 Å². The molecule has 0 aromatic heterocycles. The molecule has 0 bridgehead atoms. The van der Waals surface area contributed by atoms with Gasteiger partial charge in [-0.2, -0.15) is 0 Å². The van der Waals surface area contributed by atoms with E-state index < -0.39 is 0 Å². The summed E-state index contributed by atoms with van der Waals surface area (Å²) in [5, 5.41) is 3.15. The molecule has 2 heteroatoms. The number of halogens is 1. The van der Waals surface area contributed by atoms with E-state index in [1.165, 1.54) is 19.3 Å². The van der Waals surface area contributed by atoms with E-state index in [0.717, 1.165) is 6.04 Å². The summed E-state index contributed by atoms with van der Waals surface area (Å²) in [7, 11) is 0. The van der Waals surface area contributed by atoms with Crippen molar-refractivity contribution in [1.82, 2.24) is 5.32 Å². The van der Waals surface area contributed by atoms with Crippen molar-refractivity contribution in [2.24, 2.45) is 0 Å². The Morgan fingerprint density at radius 3 is 2.43 bits per heavy atom. The van der Waals surface area contributed by atoms with Crippen LogP contribution in [0, 0.1) is 0 Å². The summed E-state index contributed by atoms with van der Waals surface area (Å²) in [6.07, 6.45) is 4.04. The fourth-order valence-corrected chi connectivity index (χ4v) is 0.940. The van der Waals surface area contributed by atoms with Crippen LogP contribution in [0.1, 0.15) is 19.3 Å². The zero-order chi connectivity index (χ0) is 5.11. The predicted octanol–water partition coefficient (Wildman–Crippen LogP) is 1.32. The van der Waals surface area contributed by atoms with Gasteiger partial charge in [-0.1, -0.05) is 6.42 Å². The smallest absolute Gasteiger partial charge is 0.0715 e. The van der Waals surface area contributed by atoms with Crippen LogP contribution in [0.15, 0.2) is 0 Å². The second-order valence-electron chi connectivity index (χ2n) is 1.97. The second-order valence-corrected chi connectivity index (χ2v) is 2.23. The first-order chi connectivity index (χ1) is 3.43. The molecule has 42 valence electrons. The van der Waals surface area contributed by atoms with Crippen molar-refractivity contribution < 1.29 is 0 Å². The van der Waals surface area contributed by atoms with Gasteiger partial charge >= 0.3 is 0 Å². The van der Waals surface area contributed by atoms with Crippen LogP contribution in [0.5, 0.6) is 0 Å². The maximum Gasteiger partial charge on any atom is 0.0715 e. The van der Waals surface area contributed by atoms with Crippen LogP contribution in [-0.4, -0.2) is 12.0 Å². The largest absolute Gasteiger partial charge is 0.301 e. The first kappa shape index (κ1) is 5.39. The minimum atomic E-state index is 0.616. The minimum Gasteiger partial charge on any atom is -0.301 e. The summed E-state index contributed by atoms with van der Waals surface area (Å²) >= 11 is 5.40. The minimum absolute atomic E-state index is 0.616. The maximum atomic E-state index is 5.40. The summed E-state index contributed by atoms with van der Waals surface area (Å²) in [5.41, 5.74) is 0. The van der Waals surface area contributed by atoms with Gasteiger partial charge in [0.25, 0.3) is 0 Å². The molecular weight excluding hydrogens is 110 g/mol.